The van der Waals surface area contributed by atoms with Crippen molar-refractivity contribution in [3.63, 3.8) is 0 Å². The Morgan fingerprint density at radius 2 is 1.85 bits per heavy atom. The molecule has 0 saturated carbocycles. The Morgan fingerprint density at radius 3 is 2.59 bits per heavy atom. The second kappa shape index (κ2) is 10.7. The van der Waals surface area contributed by atoms with Crippen LogP contribution >= 0.6 is 27.7 Å². The van der Waals surface area contributed by atoms with Gasteiger partial charge < -0.3 is 10.1 Å². The van der Waals surface area contributed by atoms with Gasteiger partial charge in [-0.1, -0.05) is 42.5 Å². The molecule has 0 spiro atoms. The molecule has 0 unspecified atom stereocenters. The van der Waals surface area contributed by atoms with Crippen molar-refractivity contribution in [1.29, 1.82) is 0 Å². The first-order chi connectivity index (χ1) is 16.4. The maximum Gasteiger partial charge on any atom is 0.294 e. The van der Waals surface area contributed by atoms with Crippen LogP contribution in [0.4, 0.5) is 14.9 Å². The molecular weight excluding hydrogens is 523 g/mol. The van der Waals surface area contributed by atoms with E-state index in [1.165, 1.54) is 18.2 Å². The molecule has 6 nitrogen and oxygen atoms in total. The largest absolute Gasteiger partial charge is 0.488 e. The summed E-state index contributed by atoms with van der Waals surface area (Å²) in [5, 5.41) is 1.93. The van der Waals surface area contributed by atoms with E-state index in [1.54, 1.807) is 24.3 Å². The van der Waals surface area contributed by atoms with Gasteiger partial charge in [0.05, 0.1) is 9.38 Å². The van der Waals surface area contributed by atoms with E-state index < -0.39 is 29.4 Å². The number of rotatable bonds is 7. The summed E-state index contributed by atoms with van der Waals surface area (Å²) in [6.45, 7) is -0.0517. The SMILES string of the molecule is O=C(CN1C(=O)S/C(=C/c2ccc(OCc3ccccc3)c(Br)c2)C1=O)Nc1cccc(F)c1. The molecule has 0 atom stereocenters. The minimum atomic E-state index is -0.600. The lowest BCUT2D eigenvalue weighted by Gasteiger charge is -2.12. The molecule has 3 aromatic carbocycles. The van der Waals surface area contributed by atoms with E-state index in [-0.39, 0.29) is 10.6 Å². The minimum absolute atomic E-state index is 0.202. The quantitative estimate of drug-likeness (QED) is 0.381. The van der Waals surface area contributed by atoms with Crippen molar-refractivity contribution in [3.8, 4) is 5.75 Å². The van der Waals surface area contributed by atoms with Gasteiger partial charge in [0.15, 0.2) is 0 Å². The molecule has 0 aliphatic carbocycles. The molecular formula is C25H18BrFN2O4S. The van der Waals surface area contributed by atoms with E-state index in [9.17, 15) is 18.8 Å². The van der Waals surface area contributed by atoms with Crippen molar-refractivity contribution in [2.24, 2.45) is 0 Å². The molecule has 1 aliphatic rings. The van der Waals surface area contributed by atoms with Gasteiger partial charge in [-0.05, 0) is 75.2 Å². The van der Waals surface area contributed by atoms with Gasteiger partial charge in [-0.15, -0.1) is 0 Å². The summed E-state index contributed by atoms with van der Waals surface area (Å²) < 4.78 is 19.8. The highest BCUT2D eigenvalue weighted by atomic mass is 79.9. The first-order valence-corrected chi connectivity index (χ1v) is 11.8. The number of ether oxygens (including phenoxy) is 1. The summed E-state index contributed by atoms with van der Waals surface area (Å²) in [4.78, 5) is 38.4. The molecule has 0 aromatic heterocycles. The molecule has 1 aliphatic heterocycles. The predicted octanol–water partition coefficient (Wildman–Crippen LogP) is 5.84. The fourth-order valence-electron chi connectivity index (χ4n) is 3.16. The molecule has 3 amide bonds. The standard InChI is InChI=1S/C25H18BrFN2O4S/c26-20-11-17(9-10-21(20)33-15-16-5-2-1-3-6-16)12-22-24(31)29(25(32)34-22)14-23(30)28-19-8-4-7-18(27)13-19/h1-13H,14-15H2,(H,28,30)/b22-12+. The Balaban J connectivity index is 1.40. The smallest absolute Gasteiger partial charge is 0.294 e. The molecule has 0 bridgehead atoms. The van der Waals surface area contributed by atoms with Gasteiger partial charge in [0, 0.05) is 5.69 Å². The van der Waals surface area contributed by atoms with Gasteiger partial charge in [-0.25, -0.2) is 4.39 Å². The van der Waals surface area contributed by atoms with Crippen LogP contribution in [0.15, 0.2) is 82.2 Å². The number of nitrogens with one attached hydrogen (secondary N) is 1. The van der Waals surface area contributed by atoms with Crippen molar-refractivity contribution in [3.05, 3.63) is 99.1 Å². The van der Waals surface area contributed by atoms with Crippen molar-refractivity contribution < 1.29 is 23.5 Å². The van der Waals surface area contributed by atoms with Crippen LogP contribution < -0.4 is 10.1 Å². The number of hydrogen-bond acceptors (Lipinski definition) is 5. The zero-order chi connectivity index (χ0) is 24.1. The van der Waals surface area contributed by atoms with Crippen molar-refractivity contribution in [1.82, 2.24) is 4.90 Å². The van der Waals surface area contributed by atoms with Gasteiger partial charge in [-0.3, -0.25) is 19.3 Å². The number of nitrogens with zero attached hydrogens (tertiary/aromatic N) is 1. The number of halogens is 2. The summed E-state index contributed by atoms with van der Waals surface area (Å²) in [6.07, 6.45) is 1.58. The molecule has 3 aromatic rings. The molecule has 1 fully saturated rings. The number of amides is 3. The van der Waals surface area contributed by atoms with Crippen LogP contribution in [0.25, 0.3) is 6.08 Å². The van der Waals surface area contributed by atoms with Crippen LogP contribution in [0.5, 0.6) is 5.75 Å². The van der Waals surface area contributed by atoms with Crippen molar-refractivity contribution in [2.75, 3.05) is 11.9 Å². The number of carbonyl (C=O) groups is 3. The second-order valence-electron chi connectivity index (χ2n) is 7.29. The van der Waals surface area contributed by atoms with Gasteiger partial charge in [-0.2, -0.15) is 0 Å². The van der Waals surface area contributed by atoms with Crippen LogP contribution in [0.2, 0.25) is 0 Å². The lowest BCUT2D eigenvalue weighted by atomic mass is 10.2. The highest BCUT2D eigenvalue weighted by Gasteiger charge is 2.36. The zero-order valence-electron chi connectivity index (χ0n) is 17.7. The molecule has 34 heavy (non-hydrogen) atoms. The van der Waals surface area contributed by atoms with E-state index in [1.807, 2.05) is 30.3 Å². The van der Waals surface area contributed by atoms with E-state index in [4.69, 9.17) is 4.74 Å². The molecule has 1 saturated heterocycles. The third kappa shape index (κ3) is 5.92. The first kappa shape index (κ1) is 23.7. The number of imide groups is 1. The third-order valence-corrected chi connectivity index (χ3v) is 6.30. The van der Waals surface area contributed by atoms with Gasteiger partial charge in [0.2, 0.25) is 5.91 Å². The Bertz CT molecular complexity index is 1280. The molecule has 0 radical (unpaired) electrons. The third-order valence-electron chi connectivity index (χ3n) is 4.77. The summed E-state index contributed by atoms with van der Waals surface area (Å²) in [7, 11) is 0. The van der Waals surface area contributed by atoms with Crippen molar-refractivity contribution >= 4 is 56.5 Å². The lowest BCUT2D eigenvalue weighted by molar-refractivity contribution is -0.127. The Hall–Kier alpha value is -3.43. The van der Waals surface area contributed by atoms with E-state index in [0.29, 0.717) is 22.4 Å². The Morgan fingerprint density at radius 1 is 1.06 bits per heavy atom. The Labute approximate surface area is 207 Å². The van der Waals surface area contributed by atoms with Gasteiger partial charge in [0.25, 0.3) is 11.1 Å². The number of carbonyl (C=O) groups excluding carboxylic acids is 3. The van der Waals surface area contributed by atoms with Crippen LogP contribution in [0.3, 0.4) is 0 Å². The number of benzene rings is 3. The number of hydrogen-bond donors (Lipinski definition) is 1. The molecule has 4 rings (SSSR count). The Kier molecular flexibility index (Phi) is 7.44. The molecule has 1 heterocycles. The van der Waals surface area contributed by atoms with Gasteiger partial charge in [0.1, 0.15) is 24.7 Å². The zero-order valence-corrected chi connectivity index (χ0v) is 20.1. The van der Waals surface area contributed by atoms with E-state index >= 15 is 0 Å². The molecule has 9 heteroatoms. The number of anilines is 1. The highest BCUT2D eigenvalue weighted by Crippen LogP contribution is 2.34. The lowest BCUT2D eigenvalue weighted by Crippen LogP contribution is -2.36. The molecule has 172 valence electrons. The molecule has 1 N–H and O–H groups in total. The fraction of sp³-hybridized carbons (Fsp3) is 0.0800. The first-order valence-electron chi connectivity index (χ1n) is 10.2. The van der Waals surface area contributed by atoms with E-state index in [0.717, 1.165) is 28.3 Å². The number of thioether (sulfide) groups is 1. The topological polar surface area (TPSA) is 75.7 Å². The van der Waals surface area contributed by atoms with Crippen LogP contribution in [0, 0.1) is 5.82 Å². The predicted molar refractivity (Wildman–Crippen MR) is 133 cm³/mol. The van der Waals surface area contributed by atoms with Crippen LogP contribution in [-0.2, 0) is 16.2 Å². The average Bonchev–Trinajstić information content (AvgIpc) is 3.06. The summed E-state index contributed by atoms with van der Waals surface area (Å²) >= 11 is 4.23. The summed E-state index contributed by atoms with van der Waals surface area (Å²) in [5.41, 5.74) is 1.97. The minimum Gasteiger partial charge on any atom is -0.488 e. The monoisotopic (exact) mass is 540 g/mol. The van der Waals surface area contributed by atoms with Crippen LogP contribution in [-0.4, -0.2) is 28.5 Å². The summed E-state index contributed by atoms with van der Waals surface area (Å²) in [6, 6.07) is 20.4. The summed E-state index contributed by atoms with van der Waals surface area (Å²) in [5.74, 6) is -1.03. The van der Waals surface area contributed by atoms with Crippen molar-refractivity contribution in [2.45, 2.75) is 6.61 Å². The fourth-order valence-corrected chi connectivity index (χ4v) is 4.51. The second-order valence-corrected chi connectivity index (χ2v) is 9.14. The van der Waals surface area contributed by atoms with Gasteiger partial charge >= 0.3 is 0 Å². The average molecular weight is 541 g/mol. The maximum absolute atomic E-state index is 13.3. The normalized spacial score (nSPS) is 14.5. The maximum atomic E-state index is 13.3. The van der Waals surface area contributed by atoms with E-state index in [2.05, 4.69) is 21.2 Å². The van der Waals surface area contributed by atoms with Crippen LogP contribution in [0.1, 0.15) is 11.1 Å². The highest BCUT2D eigenvalue weighted by molar-refractivity contribution is 9.10.